The molecule has 0 spiro atoms. The Hall–Kier alpha value is -2.99. The van der Waals surface area contributed by atoms with Crippen molar-refractivity contribution in [3.63, 3.8) is 0 Å². The lowest BCUT2D eigenvalue weighted by molar-refractivity contribution is 0.102. The van der Waals surface area contributed by atoms with E-state index < -0.39 is 0 Å². The van der Waals surface area contributed by atoms with Crippen LogP contribution in [-0.4, -0.2) is 20.9 Å². The summed E-state index contributed by atoms with van der Waals surface area (Å²) in [6.45, 7) is 0.472. The Kier molecular flexibility index (Phi) is 4.98. The van der Waals surface area contributed by atoms with Gasteiger partial charge >= 0.3 is 0 Å². The average Bonchev–Trinajstić information content (AvgIpc) is 2.61. The predicted molar refractivity (Wildman–Crippen MR) is 93.0 cm³/mol. The number of anilines is 2. The van der Waals surface area contributed by atoms with Crippen LogP contribution in [0.1, 0.15) is 16.2 Å². The van der Waals surface area contributed by atoms with Crippen molar-refractivity contribution in [2.24, 2.45) is 0 Å². The van der Waals surface area contributed by atoms with Gasteiger partial charge in [0.15, 0.2) is 0 Å². The molecule has 3 rings (SSSR count). The summed E-state index contributed by atoms with van der Waals surface area (Å²) in [6.07, 6.45) is 3.24. The lowest BCUT2D eigenvalue weighted by Crippen LogP contribution is -2.15. The predicted octanol–water partition coefficient (Wildman–Crippen LogP) is 3.39. The van der Waals surface area contributed by atoms with E-state index >= 15 is 0 Å². The summed E-state index contributed by atoms with van der Waals surface area (Å²) in [6, 6.07) is 14.1. The topological polar surface area (TPSA) is 79.8 Å². The van der Waals surface area contributed by atoms with E-state index in [0.717, 1.165) is 5.69 Å². The molecule has 120 valence electrons. The zero-order chi connectivity index (χ0) is 16.8. The van der Waals surface area contributed by atoms with Crippen LogP contribution < -0.4 is 10.6 Å². The highest BCUT2D eigenvalue weighted by atomic mass is 35.5. The van der Waals surface area contributed by atoms with Crippen LogP contribution in [0.4, 0.5) is 11.6 Å². The maximum Gasteiger partial charge on any atom is 0.274 e. The van der Waals surface area contributed by atoms with Gasteiger partial charge in [0.2, 0.25) is 5.95 Å². The van der Waals surface area contributed by atoms with Gasteiger partial charge < -0.3 is 10.6 Å². The number of halogens is 1. The molecule has 24 heavy (non-hydrogen) atoms. The second kappa shape index (κ2) is 7.52. The summed E-state index contributed by atoms with van der Waals surface area (Å²) in [5, 5.41) is 6.34. The monoisotopic (exact) mass is 339 g/mol. The number of benzene rings is 1. The van der Waals surface area contributed by atoms with E-state index in [0.29, 0.717) is 23.2 Å². The van der Waals surface area contributed by atoms with Gasteiger partial charge in [0.25, 0.3) is 5.91 Å². The molecule has 0 unspecified atom stereocenters. The summed E-state index contributed by atoms with van der Waals surface area (Å²) < 4.78 is 0. The molecule has 0 bridgehead atoms. The van der Waals surface area contributed by atoms with Gasteiger partial charge in [-0.2, -0.15) is 0 Å². The highest BCUT2D eigenvalue weighted by Crippen LogP contribution is 2.15. The number of nitrogens with one attached hydrogen (secondary N) is 2. The standard InChI is InChI=1S/C17H14ClN5O/c18-12-4-3-6-13(10-12)22-16(24)15-7-9-20-17(23-15)21-11-14-5-1-2-8-19-14/h1-10H,11H2,(H,22,24)(H,20,21,23). The van der Waals surface area contributed by atoms with Gasteiger partial charge in [0.1, 0.15) is 5.69 Å². The molecule has 1 aromatic carbocycles. The van der Waals surface area contributed by atoms with Crippen molar-refractivity contribution in [1.82, 2.24) is 15.0 Å². The smallest absolute Gasteiger partial charge is 0.274 e. The first-order valence-corrected chi connectivity index (χ1v) is 7.62. The van der Waals surface area contributed by atoms with E-state index in [1.54, 1.807) is 36.5 Å². The fourth-order valence-electron chi connectivity index (χ4n) is 2.00. The van der Waals surface area contributed by atoms with E-state index in [-0.39, 0.29) is 11.6 Å². The first-order chi connectivity index (χ1) is 11.7. The Morgan fingerprint density at radius 1 is 1.04 bits per heavy atom. The Bertz CT molecular complexity index is 841. The fourth-order valence-corrected chi connectivity index (χ4v) is 2.19. The summed E-state index contributed by atoms with van der Waals surface area (Å²) in [4.78, 5) is 24.8. The number of carbonyl (C=O) groups is 1. The van der Waals surface area contributed by atoms with Gasteiger partial charge in [0.05, 0.1) is 12.2 Å². The lowest BCUT2D eigenvalue weighted by atomic mass is 10.3. The number of rotatable bonds is 5. The molecule has 6 nitrogen and oxygen atoms in total. The molecule has 0 saturated heterocycles. The SMILES string of the molecule is O=C(Nc1cccc(Cl)c1)c1ccnc(NCc2ccccn2)n1. The van der Waals surface area contributed by atoms with Crippen molar-refractivity contribution < 1.29 is 4.79 Å². The van der Waals surface area contributed by atoms with Gasteiger partial charge in [-0.15, -0.1) is 0 Å². The van der Waals surface area contributed by atoms with E-state index in [9.17, 15) is 4.79 Å². The molecule has 2 aromatic heterocycles. The summed E-state index contributed by atoms with van der Waals surface area (Å²) in [7, 11) is 0. The van der Waals surface area contributed by atoms with Crippen LogP contribution >= 0.6 is 11.6 Å². The molecule has 1 amide bonds. The number of hydrogen-bond acceptors (Lipinski definition) is 5. The summed E-state index contributed by atoms with van der Waals surface area (Å²) in [5.41, 5.74) is 1.72. The van der Waals surface area contributed by atoms with Crippen LogP contribution in [-0.2, 0) is 6.54 Å². The van der Waals surface area contributed by atoms with Gasteiger partial charge in [0, 0.05) is 23.1 Å². The van der Waals surface area contributed by atoms with Gasteiger partial charge in [-0.05, 0) is 36.4 Å². The fraction of sp³-hybridized carbons (Fsp3) is 0.0588. The molecular weight excluding hydrogens is 326 g/mol. The molecule has 0 aliphatic carbocycles. The van der Waals surface area contributed by atoms with Crippen LogP contribution in [0.5, 0.6) is 0 Å². The second-order valence-electron chi connectivity index (χ2n) is 4.90. The molecule has 0 aliphatic heterocycles. The summed E-state index contributed by atoms with van der Waals surface area (Å²) >= 11 is 5.91. The molecule has 0 radical (unpaired) electrons. The van der Waals surface area contributed by atoms with E-state index in [1.165, 1.54) is 6.20 Å². The number of amides is 1. The molecule has 2 heterocycles. The number of carbonyl (C=O) groups excluding carboxylic acids is 1. The third-order valence-electron chi connectivity index (χ3n) is 3.12. The highest BCUT2D eigenvalue weighted by molar-refractivity contribution is 6.30. The molecule has 0 fully saturated rings. The Labute approximate surface area is 143 Å². The van der Waals surface area contributed by atoms with Crippen molar-refractivity contribution in [3.8, 4) is 0 Å². The third-order valence-corrected chi connectivity index (χ3v) is 3.36. The first-order valence-electron chi connectivity index (χ1n) is 7.24. The molecule has 2 N–H and O–H groups in total. The molecular formula is C17H14ClN5O. The van der Waals surface area contributed by atoms with Crippen molar-refractivity contribution in [2.75, 3.05) is 10.6 Å². The normalized spacial score (nSPS) is 10.2. The van der Waals surface area contributed by atoms with Crippen LogP contribution in [0.15, 0.2) is 60.9 Å². The third kappa shape index (κ3) is 4.27. The van der Waals surface area contributed by atoms with Gasteiger partial charge in [-0.1, -0.05) is 23.7 Å². The van der Waals surface area contributed by atoms with E-state index in [4.69, 9.17) is 11.6 Å². The highest BCUT2D eigenvalue weighted by Gasteiger charge is 2.09. The first kappa shape index (κ1) is 15.9. The zero-order valence-electron chi connectivity index (χ0n) is 12.6. The second-order valence-corrected chi connectivity index (χ2v) is 5.34. The molecule has 7 heteroatoms. The minimum atomic E-state index is -0.333. The maximum absolute atomic E-state index is 12.3. The zero-order valence-corrected chi connectivity index (χ0v) is 13.4. The summed E-state index contributed by atoms with van der Waals surface area (Å²) in [5.74, 6) is 0.0277. The van der Waals surface area contributed by atoms with Gasteiger partial charge in [-0.25, -0.2) is 9.97 Å². The minimum absolute atomic E-state index is 0.258. The van der Waals surface area contributed by atoms with Gasteiger partial charge in [-0.3, -0.25) is 9.78 Å². The number of pyridine rings is 1. The van der Waals surface area contributed by atoms with Crippen molar-refractivity contribution in [1.29, 1.82) is 0 Å². The number of nitrogens with zero attached hydrogens (tertiary/aromatic N) is 3. The van der Waals surface area contributed by atoms with Crippen molar-refractivity contribution in [3.05, 3.63) is 77.3 Å². The van der Waals surface area contributed by atoms with E-state index in [2.05, 4.69) is 25.6 Å². The van der Waals surface area contributed by atoms with Crippen molar-refractivity contribution in [2.45, 2.75) is 6.54 Å². The molecule has 0 atom stereocenters. The minimum Gasteiger partial charge on any atom is -0.349 e. The molecule has 0 aliphatic rings. The molecule has 0 saturated carbocycles. The van der Waals surface area contributed by atoms with Crippen molar-refractivity contribution >= 4 is 29.1 Å². The van der Waals surface area contributed by atoms with Crippen LogP contribution in [0, 0.1) is 0 Å². The maximum atomic E-state index is 12.3. The van der Waals surface area contributed by atoms with Crippen LogP contribution in [0.25, 0.3) is 0 Å². The van der Waals surface area contributed by atoms with E-state index in [1.807, 2.05) is 18.2 Å². The number of aromatic nitrogens is 3. The van der Waals surface area contributed by atoms with Crippen LogP contribution in [0.3, 0.4) is 0 Å². The number of hydrogen-bond donors (Lipinski definition) is 2. The largest absolute Gasteiger partial charge is 0.349 e. The van der Waals surface area contributed by atoms with Crippen LogP contribution in [0.2, 0.25) is 5.02 Å². The molecule has 3 aromatic rings. The quantitative estimate of drug-likeness (QED) is 0.744. The average molecular weight is 340 g/mol. The Morgan fingerprint density at radius 3 is 2.75 bits per heavy atom. The lowest BCUT2D eigenvalue weighted by Gasteiger charge is -2.07. The Morgan fingerprint density at radius 2 is 1.96 bits per heavy atom. The Balaban J connectivity index is 1.67.